The summed E-state index contributed by atoms with van der Waals surface area (Å²) in [7, 11) is 0. The minimum Gasteiger partial charge on any atom is -0.481 e. The Morgan fingerprint density at radius 2 is 2.33 bits per heavy atom. The van der Waals surface area contributed by atoms with Gasteiger partial charge in [-0.25, -0.2) is 4.98 Å². The molecule has 1 fully saturated rings. The van der Waals surface area contributed by atoms with Crippen molar-refractivity contribution in [1.29, 1.82) is 0 Å². The minimum atomic E-state index is -1.13. The number of hydrogen-bond donors (Lipinski definition) is 3. The number of amides is 1. The second kappa shape index (κ2) is 5.61. The van der Waals surface area contributed by atoms with Crippen LogP contribution < -0.4 is 16.0 Å². The Morgan fingerprint density at radius 3 is 2.90 bits per heavy atom. The zero-order valence-electron chi connectivity index (χ0n) is 10.9. The van der Waals surface area contributed by atoms with E-state index in [0.717, 1.165) is 0 Å². The van der Waals surface area contributed by atoms with Crippen molar-refractivity contribution in [2.75, 3.05) is 23.7 Å². The monoisotopic (exact) mass is 295 g/mol. The number of nitrogens with zero attached hydrogens (tertiary/aromatic N) is 3. The molecule has 112 valence electrons. The highest BCUT2D eigenvalue weighted by Gasteiger charge is 2.33. The van der Waals surface area contributed by atoms with Crippen molar-refractivity contribution in [1.82, 2.24) is 10.3 Å². The zero-order chi connectivity index (χ0) is 15.6. The molecule has 1 unspecified atom stereocenters. The highest BCUT2D eigenvalue weighted by molar-refractivity contribution is 5.90. The molecule has 10 heteroatoms. The van der Waals surface area contributed by atoms with E-state index in [1.807, 2.05) is 0 Å². The molecule has 0 saturated carbocycles. The summed E-state index contributed by atoms with van der Waals surface area (Å²) in [5, 5.41) is 22.2. The Hall–Kier alpha value is -2.91. The third-order valence-corrected chi connectivity index (χ3v) is 3.08. The van der Waals surface area contributed by atoms with Crippen LogP contribution in [0.5, 0.6) is 0 Å². The molecule has 1 saturated heterocycles. The van der Waals surface area contributed by atoms with Crippen LogP contribution in [0.25, 0.3) is 0 Å². The Balaban J connectivity index is 2.33. The fourth-order valence-electron chi connectivity index (χ4n) is 2.13. The van der Waals surface area contributed by atoms with Crippen molar-refractivity contribution in [2.45, 2.75) is 12.5 Å². The average Bonchev–Trinajstić information content (AvgIpc) is 2.40. The number of anilines is 2. The number of carboxylic acids is 1. The normalized spacial score (nSPS) is 18.2. The number of carbonyl (C=O) groups is 2. The van der Waals surface area contributed by atoms with Crippen LogP contribution in [0.15, 0.2) is 12.1 Å². The molecule has 1 aromatic heterocycles. The van der Waals surface area contributed by atoms with Gasteiger partial charge in [0.05, 0.1) is 11.3 Å². The smallest absolute Gasteiger partial charge is 0.311 e. The topological polar surface area (TPSA) is 152 Å². The van der Waals surface area contributed by atoms with Gasteiger partial charge in [0, 0.05) is 19.2 Å². The van der Waals surface area contributed by atoms with Gasteiger partial charge in [-0.2, -0.15) is 0 Å². The standard InChI is InChI=1S/C11H13N5O5/c12-10-6(16(20)21)1-2-8(14-10)15-4-3-13-11(19)7(15)5-9(17)18/h1-2,7H,3-5H2,(H2,12,14)(H,13,19)(H,17,18). The number of carboxylic acid groups (broad SMARTS) is 1. The maximum absolute atomic E-state index is 11.8. The number of pyridine rings is 1. The molecule has 21 heavy (non-hydrogen) atoms. The van der Waals surface area contributed by atoms with Crippen LogP contribution in [-0.4, -0.2) is 46.0 Å². The summed E-state index contributed by atoms with van der Waals surface area (Å²) in [5.74, 6) is -1.60. The highest BCUT2D eigenvalue weighted by Crippen LogP contribution is 2.25. The van der Waals surface area contributed by atoms with Crippen LogP contribution >= 0.6 is 0 Å². The van der Waals surface area contributed by atoms with Gasteiger partial charge in [-0.15, -0.1) is 0 Å². The van der Waals surface area contributed by atoms with E-state index in [1.165, 1.54) is 17.0 Å². The largest absolute Gasteiger partial charge is 0.481 e. The third-order valence-electron chi connectivity index (χ3n) is 3.08. The fourth-order valence-corrected chi connectivity index (χ4v) is 2.13. The number of nitrogens with one attached hydrogen (secondary N) is 1. The van der Waals surface area contributed by atoms with E-state index in [-0.39, 0.29) is 17.3 Å². The number of nitrogen functional groups attached to an aromatic ring is 1. The first-order valence-electron chi connectivity index (χ1n) is 6.07. The summed E-state index contributed by atoms with van der Waals surface area (Å²) in [5.41, 5.74) is 5.18. The van der Waals surface area contributed by atoms with Crippen molar-refractivity contribution in [3.63, 3.8) is 0 Å². The number of nitro groups is 1. The van der Waals surface area contributed by atoms with E-state index in [0.29, 0.717) is 13.1 Å². The minimum absolute atomic E-state index is 0.235. The van der Waals surface area contributed by atoms with Gasteiger partial charge < -0.3 is 21.1 Å². The van der Waals surface area contributed by atoms with Gasteiger partial charge >= 0.3 is 11.7 Å². The first-order chi connectivity index (χ1) is 9.90. The number of hydrogen-bond acceptors (Lipinski definition) is 7. The molecule has 0 spiro atoms. The van der Waals surface area contributed by atoms with E-state index >= 15 is 0 Å². The molecule has 1 aliphatic heterocycles. The highest BCUT2D eigenvalue weighted by atomic mass is 16.6. The number of piperazine rings is 1. The molecule has 1 amide bonds. The summed E-state index contributed by atoms with van der Waals surface area (Å²) < 4.78 is 0. The molecular weight excluding hydrogens is 282 g/mol. The van der Waals surface area contributed by atoms with E-state index in [9.17, 15) is 19.7 Å². The summed E-state index contributed by atoms with van der Waals surface area (Å²) in [6.07, 6.45) is -0.398. The molecule has 0 aromatic carbocycles. The van der Waals surface area contributed by atoms with Crippen LogP contribution in [0, 0.1) is 10.1 Å². The number of aromatic nitrogens is 1. The van der Waals surface area contributed by atoms with Gasteiger partial charge in [0.15, 0.2) is 0 Å². The number of rotatable bonds is 4. The molecular formula is C11H13N5O5. The van der Waals surface area contributed by atoms with Gasteiger partial charge in [-0.05, 0) is 6.07 Å². The third kappa shape index (κ3) is 2.99. The maximum atomic E-state index is 11.8. The molecule has 4 N–H and O–H groups in total. The Labute approximate surface area is 118 Å². The average molecular weight is 295 g/mol. The lowest BCUT2D eigenvalue weighted by Gasteiger charge is -2.35. The van der Waals surface area contributed by atoms with Crippen molar-refractivity contribution >= 4 is 29.2 Å². The molecule has 0 radical (unpaired) electrons. The Bertz CT molecular complexity index is 605. The summed E-state index contributed by atoms with van der Waals surface area (Å²) in [6.45, 7) is 0.668. The SMILES string of the molecule is Nc1nc(N2CCNC(=O)C2CC(=O)O)ccc1[N+](=O)[O-]. The molecule has 1 atom stereocenters. The second-order valence-electron chi connectivity index (χ2n) is 4.43. The summed E-state index contributed by atoms with van der Waals surface area (Å²) in [6, 6.07) is 1.61. The lowest BCUT2D eigenvalue weighted by molar-refractivity contribution is -0.384. The quantitative estimate of drug-likeness (QED) is 0.489. The molecule has 1 aliphatic rings. The van der Waals surface area contributed by atoms with Crippen molar-refractivity contribution < 1.29 is 19.6 Å². The predicted octanol–water partition coefficient (Wildman–Crippen LogP) is -0.649. The fraction of sp³-hybridized carbons (Fsp3) is 0.364. The van der Waals surface area contributed by atoms with E-state index in [1.54, 1.807) is 0 Å². The number of carbonyl (C=O) groups excluding carboxylic acids is 1. The summed E-state index contributed by atoms with van der Waals surface area (Å²) >= 11 is 0. The molecule has 0 aliphatic carbocycles. The molecule has 0 bridgehead atoms. The lowest BCUT2D eigenvalue weighted by Crippen LogP contribution is -2.56. The van der Waals surface area contributed by atoms with Crippen LogP contribution in [0.2, 0.25) is 0 Å². The van der Waals surface area contributed by atoms with E-state index in [2.05, 4.69) is 10.3 Å². The number of aliphatic carboxylic acids is 1. The van der Waals surface area contributed by atoms with Crippen LogP contribution in [0.1, 0.15) is 6.42 Å². The van der Waals surface area contributed by atoms with Gasteiger partial charge in [0.1, 0.15) is 11.9 Å². The Kier molecular flexibility index (Phi) is 3.87. The molecule has 10 nitrogen and oxygen atoms in total. The van der Waals surface area contributed by atoms with Crippen molar-refractivity contribution in [3.05, 3.63) is 22.2 Å². The summed E-state index contributed by atoms with van der Waals surface area (Å²) in [4.78, 5) is 38.1. The zero-order valence-corrected chi connectivity index (χ0v) is 10.9. The van der Waals surface area contributed by atoms with Crippen LogP contribution in [-0.2, 0) is 9.59 Å². The first-order valence-corrected chi connectivity index (χ1v) is 6.07. The van der Waals surface area contributed by atoms with Gasteiger partial charge in [-0.3, -0.25) is 19.7 Å². The molecule has 1 aromatic rings. The Morgan fingerprint density at radius 1 is 1.62 bits per heavy atom. The van der Waals surface area contributed by atoms with Crippen molar-refractivity contribution in [3.8, 4) is 0 Å². The van der Waals surface area contributed by atoms with Crippen LogP contribution in [0.3, 0.4) is 0 Å². The predicted molar refractivity (Wildman–Crippen MR) is 71.7 cm³/mol. The number of nitrogens with two attached hydrogens (primary N) is 1. The van der Waals surface area contributed by atoms with E-state index < -0.39 is 29.3 Å². The maximum Gasteiger partial charge on any atom is 0.311 e. The van der Waals surface area contributed by atoms with Crippen LogP contribution in [0.4, 0.5) is 17.3 Å². The first kappa shape index (κ1) is 14.5. The van der Waals surface area contributed by atoms with Crippen molar-refractivity contribution in [2.24, 2.45) is 0 Å². The van der Waals surface area contributed by atoms with Gasteiger partial charge in [0.25, 0.3) is 0 Å². The molecule has 2 heterocycles. The van der Waals surface area contributed by atoms with E-state index in [4.69, 9.17) is 10.8 Å². The lowest BCUT2D eigenvalue weighted by atomic mass is 10.1. The van der Waals surface area contributed by atoms with Gasteiger partial charge in [0.2, 0.25) is 11.7 Å². The second-order valence-corrected chi connectivity index (χ2v) is 4.43. The van der Waals surface area contributed by atoms with Gasteiger partial charge in [-0.1, -0.05) is 0 Å². The molecule has 2 rings (SSSR count).